The fourth-order valence-electron chi connectivity index (χ4n) is 2.97. The average molecular weight is 468 g/mol. The monoisotopic (exact) mass is 467 g/mol. The molecule has 4 aromatic rings. The van der Waals surface area contributed by atoms with Crippen LogP contribution in [0.3, 0.4) is 0 Å². The van der Waals surface area contributed by atoms with Crippen LogP contribution in [-0.2, 0) is 27.8 Å². The normalized spacial score (nSPS) is 11.4. The summed E-state index contributed by atoms with van der Waals surface area (Å²) in [5.74, 6) is 0.294. The number of carbonyl (C=O) groups excluding carboxylic acids is 1. The van der Waals surface area contributed by atoms with Crippen LogP contribution in [0, 0.1) is 6.92 Å². The molecule has 0 aliphatic heterocycles. The van der Waals surface area contributed by atoms with Gasteiger partial charge in [0.25, 0.3) is 0 Å². The molecule has 9 heteroatoms. The maximum Gasteiger partial charge on any atom is 0.240 e. The fraction of sp³-hybridized carbons (Fsp3) is 0.130. The molecule has 7 nitrogen and oxygen atoms in total. The highest BCUT2D eigenvalue weighted by Gasteiger charge is 2.15. The Bertz CT molecular complexity index is 1290. The van der Waals surface area contributed by atoms with Crippen molar-refractivity contribution in [2.75, 3.05) is 5.32 Å². The van der Waals surface area contributed by atoms with Gasteiger partial charge in [-0.25, -0.2) is 18.1 Å². The van der Waals surface area contributed by atoms with E-state index in [1.807, 2.05) is 36.6 Å². The number of hydrogen-bond acceptors (Lipinski definition) is 6. The zero-order chi connectivity index (χ0) is 22.6. The van der Waals surface area contributed by atoms with E-state index in [1.165, 1.54) is 35.3 Å². The van der Waals surface area contributed by atoms with Gasteiger partial charge < -0.3 is 9.73 Å². The number of amides is 1. The van der Waals surface area contributed by atoms with Crippen LogP contribution in [0.2, 0.25) is 0 Å². The first-order valence-electron chi connectivity index (χ1n) is 9.82. The summed E-state index contributed by atoms with van der Waals surface area (Å²) in [7, 11) is -3.69. The van der Waals surface area contributed by atoms with E-state index in [-0.39, 0.29) is 23.8 Å². The number of hydrogen-bond donors (Lipinski definition) is 2. The Labute approximate surface area is 190 Å². The van der Waals surface area contributed by atoms with E-state index in [2.05, 4.69) is 15.0 Å². The van der Waals surface area contributed by atoms with Crippen LogP contribution >= 0.6 is 11.3 Å². The van der Waals surface area contributed by atoms with Gasteiger partial charge in [0.1, 0.15) is 10.8 Å². The third kappa shape index (κ3) is 5.50. The molecule has 0 saturated carbocycles. The van der Waals surface area contributed by atoms with Crippen molar-refractivity contribution in [3.05, 3.63) is 89.3 Å². The molecule has 0 aliphatic carbocycles. The maximum absolute atomic E-state index is 12.4. The fourth-order valence-corrected chi connectivity index (χ4v) is 4.79. The predicted molar refractivity (Wildman–Crippen MR) is 124 cm³/mol. The van der Waals surface area contributed by atoms with Gasteiger partial charge in [-0.05, 0) is 43.3 Å². The number of aromatic nitrogens is 1. The molecule has 0 unspecified atom stereocenters. The number of carbonyl (C=O) groups is 1. The summed E-state index contributed by atoms with van der Waals surface area (Å²) in [5.41, 5.74) is 3.39. The molecule has 0 atom stereocenters. The topological polar surface area (TPSA) is 101 Å². The SMILES string of the molecule is Cc1ccc(-c2nc(CC(=O)Nc3ccc(S(=O)(=O)NCc4ccco4)cc3)cs2)cc1. The highest BCUT2D eigenvalue weighted by molar-refractivity contribution is 7.89. The summed E-state index contributed by atoms with van der Waals surface area (Å²) >= 11 is 1.49. The molecular weight excluding hydrogens is 446 g/mol. The largest absolute Gasteiger partial charge is 0.468 e. The zero-order valence-corrected chi connectivity index (χ0v) is 18.9. The van der Waals surface area contributed by atoms with Crippen LogP contribution in [0.5, 0.6) is 0 Å². The van der Waals surface area contributed by atoms with Crippen LogP contribution in [0.15, 0.2) is 81.6 Å². The third-order valence-electron chi connectivity index (χ3n) is 4.66. The van der Waals surface area contributed by atoms with E-state index in [1.54, 1.807) is 24.3 Å². The van der Waals surface area contributed by atoms with Crippen LogP contribution in [0.1, 0.15) is 17.0 Å². The summed E-state index contributed by atoms with van der Waals surface area (Å²) < 4.78 is 32.4. The predicted octanol–water partition coefficient (Wildman–Crippen LogP) is 4.37. The molecule has 2 aromatic carbocycles. The molecule has 0 bridgehead atoms. The number of sulfonamides is 1. The number of benzene rings is 2. The minimum atomic E-state index is -3.69. The molecule has 0 fully saturated rings. The van der Waals surface area contributed by atoms with Crippen molar-refractivity contribution in [1.29, 1.82) is 0 Å². The van der Waals surface area contributed by atoms with Gasteiger partial charge in [0.05, 0.1) is 29.8 Å². The third-order valence-corrected chi connectivity index (χ3v) is 7.01. The van der Waals surface area contributed by atoms with E-state index in [9.17, 15) is 13.2 Å². The molecule has 2 N–H and O–H groups in total. The second-order valence-corrected chi connectivity index (χ2v) is 9.79. The van der Waals surface area contributed by atoms with Crippen LogP contribution in [-0.4, -0.2) is 19.3 Å². The molecular formula is C23H21N3O4S2. The van der Waals surface area contributed by atoms with E-state index < -0.39 is 10.0 Å². The lowest BCUT2D eigenvalue weighted by Gasteiger charge is -2.08. The number of rotatable bonds is 8. The molecule has 2 heterocycles. The van der Waals surface area contributed by atoms with E-state index in [4.69, 9.17) is 4.42 Å². The average Bonchev–Trinajstić information content (AvgIpc) is 3.45. The number of nitrogens with one attached hydrogen (secondary N) is 2. The van der Waals surface area contributed by atoms with Crippen LogP contribution in [0.25, 0.3) is 10.6 Å². The molecule has 2 aromatic heterocycles. The highest BCUT2D eigenvalue weighted by Crippen LogP contribution is 2.24. The number of thiazole rings is 1. The number of nitrogens with zero attached hydrogens (tertiary/aromatic N) is 1. The Morgan fingerprint density at radius 2 is 1.81 bits per heavy atom. The van der Waals surface area contributed by atoms with Gasteiger partial charge in [0.15, 0.2) is 0 Å². The minimum absolute atomic E-state index is 0.0615. The van der Waals surface area contributed by atoms with Crippen molar-refractivity contribution in [3.63, 3.8) is 0 Å². The maximum atomic E-state index is 12.4. The Balaban J connectivity index is 1.34. The van der Waals surface area contributed by atoms with Gasteiger partial charge in [0.2, 0.25) is 15.9 Å². The molecule has 0 aliphatic rings. The van der Waals surface area contributed by atoms with E-state index in [0.717, 1.165) is 10.6 Å². The Hall–Kier alpha value is -3.27. The Morgan fingerprint density at radius 3 is 2.50 bits per heavy atom. The highest BCUT2D eigenvalue weighted by atomic mass is 32.2. The molecule has 164 valence electrons. The Morgan fingerprint density at radius 1 is 1.06 bits per heavy atom. The minimum Gasteiger partial charge on any atom is -0.468 e. The summed E-state index contributed by atoms with van der Waals surface area (Å²) in [6.07, 6.45) is 1.61. The number of furan rings is 1. The van der Waals surface area contributed by atoms with Gasteiger partial charge in [-0.3, -0.25) is 4.79 Å². The van der Waals surface area contributed by atoms with Crippen molar-refractivity contribution in [1.82, 2.24) is 9.71 Å². The molecule has 0 radical (unpaired) electrons. The van der Waals surface area contributed by atoms with Gasteiger partial charge in [-0.15, -0.1) is 11.3 Å². The van der Waals surface area contributed by atoms with Gasteiger partial charge in [0, 0.05) is 16.6 Å². The quantitative estimate of drug-likeness (QED) is 0.401. The standard InChI is InChI=1S/C23H21N3O4S2/c1-16-4-6-17(7-5-16)23-26-19(15-31-23)13-22(27)25-18-8-10-21(11-9-18)32(28,29)24-14-20-3-2-12-30-20/h2-12,15,24H,13-14H2,1H3,(H,25,27). The second kappa shape index (κ2) is 9.47. The lowest BCUT2D eigenvalue weighted by molar-refractivity contribution is -0.115. The lowest BCUT2D eigenvalue weighted by Crippen LogP contribution is -2.23. The number of anilines is 1. The summed E-state index contributed by atoms with van der Waals surface area (Å²) in [6.45, 7) is 2.09. The first-order valence-corrected chi connectivity index (χ1v) is 12.2. The first kappa shape index (κ1) is 21.9. The Kier molecular flexibility index (Phi) is 6.50. The van der Waals surface area contributed by atoms with Crippen molar-refractivity contribution in [2.24, 2.45) is 0 Å². The number of aryl methyl sites for hydroxylation is 1. The van der Waals surface area contributed by atoms with Gasteiger partial charge in [-0.2, -0.15) is 0 Å². The lowest BCUT2D eigenvalue weighted by atomic mass is 10.2. The van der Waals surface area contributed by atoms with Gasteiger partial charge >= 0.3 is 0 Å². The van der Waals surface area contributed by atoms with Gasteiger partial charge in [-0.1, -0.05) is 29.8 Å². The summed E-state index contributed by atoms with van der Waals surface area (Å²) in [6, 6.07) is 17.4. The van der Waals surface area contributed by atoms with Crippen molar-refractivity contribution >= 4 is 33.0 Å². The van der Waals surface area contributed by atoms with E-state index in [0.29, 0.717) is 17.1 Å². The van der Waals surface area contributed by atoms with Crippen molar-refractivity contribution in [3.8, 4) is 10.6 Å². The zero-order valence-electron chi connectivity index (χ0n) is 17.2. The second-order valence-electron chi connectivity index (χ2n) is 7.16. The molecule has 1 amide bonds. The van der Waals surface area contributed by atoms with Crippen molar-refractivity contribution < 1.29 is 17.6 Å². The first-order chi connectivity index (χ1) is 15.4. The molecule has 0 spiro atoms. The summed E-state index contributed by atoms with van der Waals surface area (Å²) in [4.78, 5) is 17.0. The molecule has 0 saturated heterocycles. The molecule has 4 rings (SSSR count). The molecule has 32 heavy (non-hydrogen) atoms. The van der Waals surface area contributed by atoms with Crippen LogP contribution < -0.4 is 10.0 Å². The smallest absolute Gasteiger partial charge is 0.240 e. The summed E-state index contributed by atoms with van der Waals surface area (Å²) in [5, 5.41) is 5.51. The van der Waals surface area contributed by atoms with Crippen LogP contribution in [0.4, 0.5) is 5.69 Å². The van der Waals surface area contributed by atoms with Crippen molar-refractivity contribution in [2.45, 2.75) is 24.8 Å². The van der Waals surface area contributed by atoms with E-state index >= 15 is 0 Å².